The lowest BCUT2D eigenvalue weighted by Gasteiger charge is -2.20. The van der Waals surface area contributed by atoms with E-state index < -0.39 is 0 Å². The fraction of sp³-hybridized carbons (Fsp3) is 0.0870. The first-order chi connectivity index (χ1) is 13.7. The van der Waals surface area contributed by atoms with E-state index >= 15 is 0 Å². The second-order valence-electron chi connectivity index (χ2n) is 6.51. The molecule has 0 aliphatic heterocycles. The molecule has 0 spiro atoms. The molecule has 0 radical (unpaired) electrons. The minimum Gasteiger partial charge on any atom is -0.344 e. The number of nitrogens with one attached hydrogen (secondary N) is 1. The Kier molecular flexibility index (Phi) is 4.97. The van der Waals surface area contributed by atoms with Crippen molar-refractivity contribution in [2.75, 3.05) is 0 Å². The van der Waals surface area contributed by atoms with Crippen LogP contribution in [0.1, 0.15) is 17.2 Å². The first-order valence-corrected chi connectivity index (χ1v) is 9.06. The van der Waals surface area contributed by atoms with Gasteiger partial charge in [-0.05, 0) is 23.3 Å². The molecule has 0 bridgehead atoms. The topological polar surface area (TPSA) is 64.0 Å². The van der Waals surface area contributed by atoms with Crippen molar-refractivity contribution < 1.29 is 4.79 Å². The Morgan fingerprint density at radius 2 is 1.43 bits per heavy atom. The fourth-order valence-corrected chi connectivity index (χ4v) is 3.28. The number of hydrogen-bond acceptors (Lipinski definition) is 3. The molecule has 5 heteroatoms. The highest BCUT2D eigenvalue weighted by molar-refractivity contribution is 5.81. The molecule has 0 atom stereocenters. The van der Waals surface area contributed by atoms with Gasteiger partial charge in [-0.3, -0.25) is 14.3 Å². The zero-order valence-electron chi connectivity index (χ0n) is 15.2. The fourth-order valence-electron chi connectivity index (χ4n) is 3.28. The summed E-state index contributed by atoms with van der Waals surface area (Å²) in [5.74, 6) is -0.181. The molecular formula is C23H19N3O2. The van der Waals surface area contributed by atoms with Crippen molar-refractivity contribution in [2.24, 2.45) is 0 Å². The summed E-state index contributed by atoms with van der Waals surface area (Å²) in [7, 11) is 0. The van der Waals surface area contributed by atoms with Gasteiger partial charge < -0.3 is 5.32 Å². The quantitative estimate of drug-likeness (QED) is 0.587. The van der Waals surface area contributed by atoms with Gasteiger partial charge in [0.1, 0.15) is 6.54 Å². The largest absolute Gasteiger partial charge is 0.344 e. The van der Waals surface area contributed by atoms with Crippen molar-refractivity contribution in [1.29, 1.82) is 0 Å². The van der Waals surface area contributed by atoms with E-state index in [1.807, 2.05) is 66.7 Å². The molecule has 5 nitrogen and oxygen atoms in total. The lowest BCUT2D eigenvalue weighted by molar-refractivity contribution is -0.122. The minimum atomic E-state index is -0.263. The van der Waals surface area contributed by atoms with E-state index in [0.29, 0.717) is 10.9 Å². The molecule has 0 unspecified atom stereocenters. The SMILES string of the molecule is O=C(Cn1ncc(=O)c2ccccc21)NC(c1ccccc1)c1ccccc1. The molecule has 0 saturated carbocycles. The zero-order chi connectivity index (χ0) is 19.3. The van der Waals surface area contributed by atoms with Gasteiger partial charge in [-0.15, -0.1) is 0 Å². The molecular weight excluding hydrogens is 350 g/mol. The Bertz CT molecular complexity index is 1120. The van der Waals surface area contributed by atoms with Gasteiger partial charge in [0.05, 0.1) is 17.8 Å². The molecule has 1 heterocycles. The molecule has 4 rings (SSSR count). The molecule has 1 amide bonds. The highest BCUT2D eigenvalue weighted by Gasteiger charge is 2.17. The standard InChI is InChI=1S/C23H19N3O2/c27-21-15-24-26(20-14-8-7-13-19(20)21)16-22(28)25-23(17-9-3-1-4-10-17)18-11-5-2-6-12-18/h1-15,23H,16H2,(H,25,28). The summed E-state index contributed by atoms with van der Waals surface area (Å²) >= 11 is 0. The number of nitrogens with zero attached hydrogens (tertiary/aromatic N) is 2. The van der Waals surface area contributed by atoms with E-state index in [1.54, 1.807) is 22.9 Å². The first kappa shape index (κ1) is 17.7. The number of rotatable bonds is 5. The molecule has 138 valence electrons. The monoisotopic (exact) mass is 369 g/mol. The van der Waals surface area contributed by atoms with Gasteiger partial charge >= 0.3 is 0 Å². The summed E-state index contributed by atoms with van der Waals surface area (Å²) in [5, 5.41) is 7.79. The van der Waals surface area contributed by atoms with E-state index in [4.69, 9.17) is 0 Å². The summed E-state index contributed by atoms with van der Waals surface area (Å²) in [6.07, 6.45) is 1.25. The van der Waals surface area contributed by atoms with Crippen LogP contribution in [-0.4, -0.2) is 15.7 Å². The van der Waals surface area contributed by atoms with E-state index in [0.717, 1.165) is 11.1 Å². The van der Waals surface area contributed by atoms with Crippen LogP contribution in [0.3, 0.4) is 0 Å². The van der Waals surface area contributed by atoms with Crippen LogP contribution in [0.2, 0.25) is 0 Å². The van der Waals surface area contributed by atoms with Crippen molar-refractivity contribution in [3.63, 3.8) is 0 Å². The predicted octanol–water partition coefficient (Wildman–Crippen LogP) is 3.30. The number of benzene rings is 3. The molecule has 0 fully saturated rings. The van der Waals surface area contributed by atoms with Crippen LogP contribution in [0, 0.1) is 0 Å². The molecule has 4 aromatic rings. The Hall–Kier alpha value is -3.73. The van der Waals surface area contributed by atoms with Crippen LogP contribution in [-0.2, 0) is 11.3 Å². The third-order valence-corrected chi connectivity index (χ3v) is 4.63. The van der Waals surface area contributed by atoms with Gasteiger partial charge in [-0.2, -0.15) is 5.10 Å². The third-order valence-electron chi connectivity index (χ3n) is 4.63. The summed E-state index contributed by atoms with van der Waals surface area (Å²) in [6.45, 7) is 0.0248. The van der Waals surface area contributed by atoms with E-state index in [9.17, 15) is 9.59 Å². The van der Waals surface area contributed by atoms with Gasteiger partial charge in [-0.1, -0.05) is 72.8 Å². The molecule has 1 aromatic heterocycles. The number of carbonyl (C=O) groups is 1. The van der Waals surface area contributed by atoms with Crippen LogP contribution in [0.15, 0.2) is 95.9 Å². The van der Waals surface area contributed by atoms with Crippen LogP contribution in [0.4, 0.5) is 0 Å². The molecule has 28 heavy (non-hydrogen) atoms. The maximum atomic E-state index is 12.8. The molecule has 0 saturated heterocycles. The average molecular weight is 369 g/mol. The Labute approximate surface area is 162 Å². The number of aromatic nitrogens is 2. The Morgan fingerprint density at radius 3 is 2.07 bits per heavy atom. The second-order valence-corrected chi connectivity index (χ2v) is 6.51. The van der Waals surface area contributed by atoms with Gasteiger partial charge in [0.2, 0.25) is 11.3 Å². The lowest BCUT2D eigenvalue weighted by Crippen LogP contribution is -2.33. The number of fused-ring (bicyclic) bond motifs is 1. The molecule has 1 N–H and O–H groups in total. The lowest BCUT2D eigenvalue weighted by atomic mass is 9.99. The predicted molar refractivity (Wildman–Crippen MR) is 109 cm³/mol. The maximum absolute atomic E-state index is 12.8. The Morgan fingerprint density at radius 1 is 0.857 bits per heavy atom. The highest BCUT2D eigenvalue weighted by atomic mass is 16.2. The molecule has 0 aliphatic carbocycles. The minimum absolute atomic E-state index is 0.0248. The average Bonchev–Trinajstić information content (AvgIpc) is 2.75. The van der Waals surface area contributed by atoms with Crippen LogP contribution in [0.25, 0.3) is 10.9 Å². The van der Waals surface area contributed by atoms with Crippen molar-refractivity contribution in [3.8, 4) is 0 Å². The van der Waals surface area contributed by atoms with E-state index in [1.165, 1.54) is 6.20 Å². The molecule has 3 aromatic carbocycles. The number of carbonyl (C=O) groups excluding carboxylic acids is 1. The first-order valence-electron chi connectivity index (χ1n) is 9.06. The summed E-state index contributed by atoms with van der Waals surface area (Å²) in [6, 6.07) is 26.6. The van der Waals surface area contributed by atoms with Crippen molar-refractivity contribution in [3.05, 3.63) is 112 Å². The number of hydrogen-bond donors (Lipinski definition) is 1. The van der Waals surface area contributed by atoms with Crippen LogP contribution in [0.5, 0.6) is 0 Å². The summed E-state index contributed by atoms with van der Waals surface area (Å²) in [4.78, 5) is 24.8. The molecule has 0 aliphatic rings. The van der Waals surface area contributed by atoms with E-state index in [-0.39, 0.29) is 23.9 Å². The Balaban J connectivity index is 1.63. The van der Waals surface area contributed by atoms with Gasteiger partial charge in [0.25, 0.3) is 0 Å². The number of amides is 1. The van der Waals surface area contributed by atoms with Crippen molar-refractivity contribution >= 4 is 16.8 Å². The number of para-hydroxylation sites is 1. The van der Waals surface area contributed by atoms with Crippen LogP contribution < -0.4 is 10.7 Å². The maximum Gasteiger partial charge on any atom is 0.242 e. The second kappa shape index (κ2) is 7.88. The van der Waals surface area contributed by atoms with Gasteiger partial charge in [0.15, 0.2) is 0 Å². The van der Waals surface area contributed by atoms with Gasteiger partial charge in [0, 0.05) is 5.39 Å². The normalized spacial score (nSPS) is 10.9. The van der Waals surface area contributed by atoms with E-state index in [2.05, 4.69) is 10.4 Å². The van der Waals surface area contributed by atoms with Crippen molar-refractivity contribution in [1.82, 2.24) is 15.1 Å². The van der Waals surface area contributed by atoms with Gasteiger partial charge in [-0.25, -0.2) is 0 Å². The van der Waals surface area contributed by atoms with Crippen molar-refractivity contribution in [2.45, 2.75) is 12.6 Å². The summed E-state index contributed by atoms with van der Waals surface area (Å²) < 4.78 is 1.55. The summed E-state index contributed by atoms with van der Waals surface area (Å²) in [5.41, 5.74) is 2.49. The zero-order valence-corrected chi connectivity index (χ0v) is 15.2. The highest BCUT2D eigenvalue weighted by Crippen LogP contribution is 2.21. The third kappa shape index (κ3) is 3.69. The smallest absolute Gasteiger partial charge is 0.242 e. The van der Waals surface area contributed by atoms with Crippen LogP contribution >= 0.6 is 0 Å².